The van der Waals surface area contributed by atoms with Crippen molar-refractivity contribution in [1.29, 1.82) is 0 Å². The predicted octanol–water partition coefficient (Wildman–Crippen LogP) is 3.34. The Kier molecular flexibility index (Phi) is 4.77. The number of nitrogens with zero attached hydrogens (tertiary/aromatic N) is 1. The Hall–Kier alpha value is -3.13. The van der Waals surface area contributed by atoms with Gasteiger partial charge in [0.1, 0.15) is 5.76 Å². The van der Waals surface area contributed by atoms with Crippen LogP contribution in [-0.2, 0) is 10.0 Å². The summed E-state index contributed by atoms with van der Waals surface area (Å²) in [5.74, 6) is 0.353. The number of aryl methyl sites for hydroxylation is 2. The molecule has 1 amide bonds. The number of anilines is 2. The predicted molar refractivity (Wildman–Crippen MR) is 97.6 cm³/mol. The van der Waals surface area contributed by atoms with Gasteiger partial charge in [0.25, 0.3) is 15.9 Å². The van der Waals surface area contributed by atoms with E-state index in [9.17, 15) is 13.2 Å². The molecule has 0 saturated carbocycles. The molecule has 0 spiro atoms. The second kappa shape index (κ2) is 7.01. The highest BCUT2D eigenvalue weighted by molar-refractivity contribution is 7.92. The summed E-state index contributed by atoms with van der Waals surface area (Å²) >= 11 is 0. The Morgan fingerprint density at radius 1 is 1.04 bits per heavy atom. The van der Waals surface area contributed by atoms with E-state index in [1.165, 1.54) is 30.3 Å². The van der Waals surface area contributed by atoms with Gasteiger partial charge in [0.15, 0.2) is 5.82 Å². The Bertz CT molecular complexity index is 1040. The van der Waals surface area contributed by atoms with Gasteiger partial charge in [-0.3, -0.25) is 9.52 Å². The van der Waals surface area contributed by atoms with Crippen LogP contribution in [0.3, 0.4) is 0 Å². The fourth-order valence-corrected chi connectivity index (χ4v) is 3.34. The first-order valence-corrected chi connectivity index (χ1v) is 9.27. The van der Waals surface area contributed by atoms with Gasteiger partial charge >= 0.3 is 0 Å². The summed E-state index contributed by atoms with van der Waals surface area (Å²) in [4.78, 5) is 12.3. The van der Waals surface area contributed by atoms with E-state index in [0.29, 0.717) is 17.0 Å². The van der Waals surface area contributed by atoms with Gasteiger partial charge in [0, 0.05) is 17.3 Å². The van der Waals surface area contributed by atoms with Crippen LogP contribution in [-0.4, -0.2) is 19.5 Å². The normalized spacial score (nSPS) is 11.2. The van der Waals surface area contributed by atoms with Crippen LogP contribution in [0.1, 0.15) is 21.7 Å². The van der Waals surface area contributed by atoms with Crippen molar-refractivity contribution >= 4 is 27.4 Å². The zero-order chi connectivity index (χ0) is 18.7. The molecule has 0 aliphatic heterocycles. The number of aromatic nitrogens is 1. The van der Waals surface area contributed by atoms with E-state index in [4.69, 9.17) is 4.52 Å². The maximum absolute atomic E-state index is 12.3. The summed E-state index contributed by atoms with van der Waals surface area (Å²) in [5, 5.41) is 6.35. The third-order valence-corrected chi connectivity index (χ3v) is 5.05. The number of nitrogens with one attached hydrogen (secondary N) is 2. The van der Waals surface area contributed by atoms with Crippen LogP contribution in [0.4, 0.5) is 11.5 Å². The fourth-order valence-electron chi connectivity index (χ4n) is 2.35. The van der Waals surface area contributed by atoms with E-state index >= 15 is 0 Å². The maximum Gasteiger partial charge on any atom is 0.263 e. The summed E-state index contributed by atoms with van der Waals surface area (Å²) in [7, 11) is -3.79. The summed E-state index contributed by atoms with van der Waals surface area (Å²) in [6.45, 7) is 3.51. The van der Waals surface area contributed by atoms with Crippen LogP contribution in [0.15, 0.2) is 64.0 Å². The summed E-state index contributed by atoms with van der Waals surface area (Å²) in [5.41, 5.74) is 1.91. The van der Waals surface area contributed by atoms with Gasteiger partial charge in [-0.2, -0.15) is 0 Å². The van der Waals surface area contributed by atoms with E-state index in [1.807, 2.05) is 19.1 Å². The van der Waals surface area contributed by atoms with Crippen molar-refractivity contribution < 1.29 is 17.7 Å². The molecule has 1 heterocycles. The Labute approximate surface area is 151 Å². The SMILES string of the molecule is Cc1cc(NS(=O)(=O)c2ccc(NC(=O)c3ccccc3C)cc2)no1. The molecule has 0 radical (unpaired) electrons. The molecule has 2 aromatic carbocycles. The van der Waals surface area contributed by atoms with E-state index < -0.39 is 10.0 Å². The highest BCUT2D eigenvalue weighted by Crippen LogP contribution is 2.19. The minimum absolute atomic E-state index is 0.0482. The van der Waals surface area contributed by atoms with Gasteiger partial charge in [-0.05, 0) is 49.7 Å². The van der Waals surface area contributed by atoms with Crippen LogP contribution in [0.2, 0.25) is 0 Å². The van der Waals surface area contributed by atoms with Crippen molar-refractivity contribution in [3.63, 3.8) is 0 Å². The smallest absolute Gasteiger partial charge is 0.263 e. The number of hydrogen-bond donors (Lipinski definition) is 2. The molecule has 0 fully saturated rings. The largest absolute Gasteiger partial charge is 0.360 e. The van der Waals surface area contributed by atoms with Crippen LogP contribution in [0.25, 0.3) is 0 Å². The lowest BCUT2D eigenvalue weighted by atomic mass is 10.1. The average molecular weight is 371 g/mol. The number of amides is 1. The van der Waals surface area contributed by atoms with Crippen LogP contribution in [0.5, 0.6) is 0 Å². The molecular formula is C18H17N3O4S. The van der Waals surface area contributed by atoms with Gasteiger partial charge < -0.3 is 9.84 Å². The van der Waals surface area contributed by atoms with Crippen molar-refractivity contribution in [1.82, 2.24) is 5.16 Å². The average Bonchev–Trinajstić information content (AvgIpc) is 3.00. The number of sulfonamides is 1. The molecule has 0 atom stereocenters. The Balaban J connectivity index is 1.74. The first kappa shape index (κ1) is 17.7. The first-order valence-electron chi connectivity index (χ1n) is 7.78. The molecule has 0 aliphatic rings. The minimum Gasteiger partial charge on any atom is -0.360 e. The monoisotopic (exact) mass is 371 g/mol. The topological polar surface area (TPSA) is 101 Å². The molecular weight excluding hydrogens is 354 g/mol. The lowest BCUT2D eigenvalue weighted by Crippen LogP contribution is -2.15. The van der Waals surface area contributed by atoms with Crippen LogP contribution in [0, 0.1) is 13.8 Å². The summed E-state index contributed by atoms with van der Waals surface area (Å²) in [6, 6.07) is 14.6. The molecule has 8 heteroatoms. The molecule has 0 unspecified atom stereocenters. The van der Waals surface area contributed by atoms with Crippen LogP contribution >= 0.6 is 0 Å². The summed E-state index contributed by atoms with van der Waals surface area (Å²) in [6.07, 6.45) is 0. The standard InChI is InChI=1S/C18H17N3O4S/c1-12-5-3-4-6-16(12)18(22)19-14-7-9-15(10-8-14)26(23,24)21-17-11-13(2)25-20-17/h3-11H,1-2H3,(H,19,22)(H,20,21). The molecule has 2 N–H and O–H groups in total. The van der Waals surface area contributed by atoms with Gasteiger partial charge in [0.2, 0.25) is 0 Å². The number of hydrogen-bond acceptors (Lipinski definition) is 5. The molecule has 1 aromatic heterocycles. The number of benzene rings is 2. The van der Waals surface area contributed by atoms with Crippen molar-refractivity contribution in [3.8, 4) is 0 Å². The van der Waals surface area contributed by atoms with Crippen molar-refractivity contribution in [2.75, 3.05) is 10.0 Å². The zero-order valence-corrected chi connectivity index (χ0v) is 15.0. The summed E-state index contributed by atoms with van der Waals surface area (Å²) < 4.78 is 31.8. The molecule has 3 rings (SSSR count). The van der Waals surface area contributed by atoms with Crippen molar-refractivity contribution in [2.45, 2.75) is 18.7 Å². The molecule has 0 saturated heterocycles. The second-order valence-corrected chi connectivity index (χ2v) is 7.40. The quantitative estimate of drug-likeness (QED) is 0.716. The third-order valence-electron chi connectivity index (χ3n) is 3.68. The maximum atomic E-state index is 12.3. The Morgan fingerprint density at radius 3 is 2.35 bits per heavy atom. The van der Waals surface area contributed by atoms with Gasteiger partial charge in [-0.15, -0.1) is 0 Å². The van der Waals surface area contributed by atoms with E-state index in [-0.39, 0.29) is 16.6 Å². The number of carbonyl (C=O) groups is 1. The van der Waals surface area contributed by atoms with Gasteiger partial charge in [-0.25, -0.2) is 8.42 Å². The molecule has 3 aromatic rings. The first-order chi connectivity index (χ1) is 12.3. The molecule has 0 aliphatic carbocycles. The van der Waals surface area contributed by atoms with Crippen molar-refractivity contribution in [2.24, 2.45) is 0 Å². The van der Waals surface area contributed by atoms with Crippen molar-refractivity contribution in [3.05, 3.63) is 71.5 Å². The Morgan fingerprint density at radius 2 is 1.73 bits per heavy atom. The number of rotatable bonds is 5. The molecule has 26 heavy (non-hydrogen) atoms. The minimum atomic E-state index is -3.79. The van der Waals surface area contributed by atoms with Crippen LogP contribution < -0.4 is 10.0 Å². The van der Waals surface area contributed by atoms with E-state index in [0.717, 1.165) is 5.56 Å². The van der Waals surface area contributed by atoms with E-state index in [2.05, 4.69) is 15.2 Å². The third kappa shape index (κ3) is 3.92. The number of carbonyl (C=O) groups excluding carboxylic acids is 1. The highest BCUT2D eigenvalue weighted by Gasteiger charge is 2.16. The zero-order valence-electron chi connectivity index (χ0n) is 14.2. The molecule has 7 nitrogen and oxygen atoms in total. The lowest BCUT2D eigenvalue weighted by molar-refractivity contribution is 0.102. The van der Waals surface area contributed by atoms with Gasteiger partial charge in [0.05, 0.1) is 4.90 Å². The highest BCUT2D eigenvalue weighted by atomic mass is 32.2. The van der Waals surface area contributed by atoms with Gasteiger partial charge in [-0.1, -0.05) is 23.4 Å². The van der Waals surface area contributed by atoms with E-state index in [1.54, 1.807) is 19.1 Å². The lowest BCUT2D eigenvalue weighted by Gasteiger charge is -2.09. The fraction of sp³-hybridized carbons (Fsp3) is 0.111. The molecule has 134 valence electrons. The molecule has 0 bridgehead atoms. The second-order valence-electron chi connectivity index (χ2n) is 5.72.